The SMILES string of the molecule is CN(C)CCC[N]C(N)=O. The van der Waals surface area contributed by atoms with Crippen molar-refractivity contribution >= 4 is 6.03 Å². The predicted octanol–water partition coefficient (Wildman–Crippen LogP) is -0.379. The van der Waals surface area contributed by atoms with E-state index in [-0.39, 0.29) is 0 Å². The summed E-state index contributed by atoms with van der Waals surface area (Å²) in [7, 11) is 3.95. The third-order valence-corrected chi connectivity index (χ3v) is 1.03. The molecule has 0 fully saturated rings. The van der Waals surface area contributed by atoms with Gasteiger partial charge in [0.1, 0.15) is 0 Å². The van der Waals surface area contributed by atoms with E-state index in [9.17, 15) is 4.79 Å². The number of hydrogen-bond donors (Lipinski definition) is 1. The summed E-state index contributed by atoms with van der Waals surface area (Å²) in [6.45, 7) is 1.48. The molecule has 0 aliphatic heterocycles. The fraction of sp³-hybridized carbons (Fsp3) is 0.833. The summed E-state index contributed by atoms with van der Waals surface area (Å²) in [5.74, 6) is 0. The van der Waals surface area contributed by atoms with Crippen molar-refractivity contribution < 1.29 is 4.79 Å². The molecule has 0 heterocycles. The van der Waals surface area contributed by atoms with Crippen LogP contribution in [0.3, 0.4) is 0 Å². The van der Waals surface area contributed by atoms with Crippen molar-refractivity contribution in [2.24, 2.45) is 5.73 Å². The van der Waals surface area contributed by atoms with Crippen molar-refractivity contribution in [3.63, 3.8) is 0 Å². The van der Waals surface area contributed by atoms with Crippen molar-refractivity contribution in [1.82, 2.24) is 10.2 Å². The van der Waals surface area contributed by atoms with Crippen LogP contribution in [0.25, 0.3) is 0 Å². The second-order valence-corrected chi connectivity index (χ2v) is 2.38. The molecule has 0 aromatic rings. The van der Waals surface area contributed by atoms with E-state index in [4.69, 9.17) is 5.73 Å². The molecule has 1 radical (unpaired) electrons. The Balaban J connectivity index is 2.98. The lowest BCUT2D eigenvalue weighted by molar-refractivity contribution is 0.247. The average molecular weight is 144 g/mol. The zero-order chi connectivity index (χ0) is 7.98. The highest BCUT2D eigenvalue weighted by atomic mass is 16.2. The lowest BCUT2D eigenvalue weighted by atomic mass is 10.4. The topological polar surface area (TPSA) is 60.4 Å². The Morgan fingerprint density at radius 2 is 2.20 bits per heavy atom. The summed E-state index contributed by atoms with van der Waals surface area (Å²) in [5, 5.41) is 3.51. The van der Waals surface area contributed by atoms with Crippen LogP contribution >= 0.6 is 0 Å². The van der Waals surface area contributed by atoms with Crippen LogP contribution in [0.2, 0.25) is 0 Å². The van der Waals surface area contributed by atoms with Gasteiger partial charge in [-0.05, 0) is 27.1 Å². The second-order valence-electron chi connectivity index (χ2n) is 2.38. The smallest absolute Gasteiger partial charge is 0.333 e. The number of urea groups is 1. The standard InChI is InChI=1S/C6H14N3O/c1-9(2)5-3-4-8-6(7)10/h3-5H2,1-2H3,(H2,7,10). The van der Waals surface area contributed by atoms with Crippen LogP contribution in [0, 0.1) is 0 Å². The minimum atomic E-state index is -0.571. The summed E-state index contributed by atoms with van der Waals surface area (Å²) < 4.78 is 0. The number of nitrogens with two attached hydrogens (primary N) is 1. The van der Waals surface area contributed by atoms with E-state index in [1.165, 1.54) is 0 Å². The Morgan fingerprint density at radius 3 is 2.60 bits per heavy atom. The zero-order valence-electron chi connectivity index (χ0n) is 6.50. The normalized spacial score (nSPS) is 9.90. The van der Waals surface area contributed by atoms with Gasteiger partial charge in [-0.3, -0.25) is 0 Å². The van der Waals surface area contributed by atoms with E-state index in [1.54, 1.807) is 0 Å². The van der Waals surface area contributed by atoms with E-state index in [1.807, 2.05) is 19.0 Å². The van der Waals surface area contributed by atoms with Gasteiger partial charge in [0.05, 0.1) is 0 Å². The summed E-state index contributed by atoms with van der Waals surface area (Å²) in [6, 6.07) is -0.571. The molecule has 0 aliphatic rings. The van der Waals surface area contributed by atoms with Crippen LogP contribution in [0.4, 0.5) is 4.79 Å². The Morgan fingerprint density at radius 1 is 1.60 bits per heavy atom. The Hall–Kier alpha value is -0.770. The molecule has 0 aromatic heterocycles. The molecule has 0 aromatic carbocycles. The zero-order valence-corrected chi connectivity index (χ0v) is 6.50. The van der Waals surface area contributed by atoms with E-state index >= 15 is 0 Å². The largest absolute Gasteiger partial charge is 0.350 e. The van der Waals surface area contributed by atoms with Gasteiger partial charge in [0.2, 0.25) is 0 Å². The maximum atomic E-state index is 10.1. The molecule has 2 amide bonds. The van der Waals surface area contributed by atoms with E-state index in [0.29, 0.717) is 6.54 Å². The monoisotopic (exact) mass is 144 g/mol. The predicted molar refractivity (Wildman–Crippen MR) is 39.8 cm³/mol. The third-order valence-electron chi connectivity index (χ3n) is 1.03. The Bertz CT molecular complexity index is 103. The first-order valence-corrected chi connectivity index (χ1v) is 3.24. The van der Waals surface area contributed by atoms with E-state index in [0.717, 1.165) is 13.0 Å². The van der Waals surface area contributed by atoms with Gasteiger partial charge in [-0.15, -0.1) is 0 Å². The lowest BCUT2D eigenvalue weighted by Crippen LogP contribution is -2.25. The molecule has 10 heavy (non-hydrogen) atoms. The molecule has 0 unspecified atom stereocenters. The van der Waals surface area contributed by atoms with Gasteiger partial charge >= 0.3 is 6.03 Å². The molecule has 0 atom stereocenters. The molecule has 59 valence electrons. The van der Waals surface area contributed by atoms with Crippen molar-refractivity contribution in [2.45, 2.75) is 6.42 Å². The maximum Gasteiger partial charge on any atom is 0.333 e. The lowest BCUT2D eigenvalue weighted by Gasteiger charge is -2.07. The van der Waals surface area contributed by atoms with Gasteiger partial charge < -0.3 is 10.6 Å². The van der Waals surface area contributed by atoms with Crippen molar-refractivity contribution in [2.75, 3.05) is 27.2 Å². The molecule has 0 aliphatic carbocycles. The van der Waals surface area contributed by atoms with Crippen molar-refractivity contribution in [3.8, 4) is 0 Å². The van der Waals surface area contributed by atoms with Crippen LogP contribution in [0.15, 0.2) is 0 Å². The first-order valence-electron chi connectivity index (χ1n) is 3.24. The van der Waals surface area contributed by atoms with Gasteiger partial charge in [-0.2, -0.15) is 0 Å². The summed E-state index contributed by atoms with van der Waals surface area (Å²) in [6.07, 6.45) is 0.885. The number of primary amides is 1. The fourth-order valence-corrected chi connectivity index (χ4v) is 0.576. The molecule has 0 spiro atoms. The van der Waals surface area contributed by atoms with Gasteiger partial charge in [0.25, 0.3) is 0 Å². The van der Waals surface area contributed by atoms with Gasteiger partial charge in [-0.1, -0.05) is 0 Å². The maximum absolute atomic E-state index is 10.1. The highest BCUT2D eigenvalue weighted by Crippen LogP contribution is 1.80. The Kier molecular flexibility index (Phi) is 4.66. The van der Waals surface area contributed by atoms with Crippen LogP contribution in [-0.4, -0.2) is 38.1 Å². The first kappa shape index (κ1) is 9.23. The highest BCUT2D eigenvalue weighted by molar-refractivity contribution is 5.71. The Labute approximate surface area is 61.4 Å². The average Bonchev–Trinajstić information content (AvgIpc) is 1.79. The molecule has 0 saturated heterocycles. The number of nitrogens with zero attached hydrogens (tertiary/aromatic N) is 2. The minimum absolute atomic E-state index is 0.535. The highest BCUT2D eigenvalue weighted by Gasteiger charge is 1.93. The molecule has 2 N–H and O–H groups in total. The fourth-order valence-electron chi connectivity index (χ4n) is 0.576. The molecular formula is C6H14N3O. The van der Waals surface area contributed by atoms with Gasteiger partial charge in [0, 0.05) is 6.54 Å². The van der Waals surface area contributed by atoms with Gasteiger partial charge in [0.15, 0.2) is 0 Å². The van der Waals surface area contributed by atoms with Gasteiger partial charge in [-0.25, -0.2) is 10.1 Å². The number of carbonyl (C=O) groups is 1. The van der Waals surface area contributed by atoms with E-state index < -0.39 is 6.03 Å². The number of rotatable bonds is 4. The van der Waals surface area contributed by atoms with Crippen LogP contribution in [0.1, 0.15) is 6.42 Å². The number of carbonyl (C=O) groups excluding carboxylic acids is 1. The molecule has 4 heteroatoms. The molecule has 0 bridgehead atoms. The summed E-state index contributed by atoms with van der Waals surface area (Å²) in [4.78, 5) is 12.1. The molecule has 4 nitrogen and oxygen atoms in total. The van der Waals surface area contributed by atoms with Crippen LogP contribution in [0.5, 0.6) is 0 Å². The third kappa shape index (κ3) is 7.23. The quantitative estimate of drug-likeness (QED) is 0.547. The van der Waals surface area contributed by atoms with Crippen molar-refractivity contribution in [1.29, 1.82) is 0 Å². The molecular weight excluding hydrogens is 130 g/mol. The summed E-state index contributed by atoms with van der Waals surface area (Å²) in [5.41, 5.74) is 4.79. The van der Waals surface area contributed by atoms with Crippen molar-refractivity contribution in [3.05, 3.63) is 0 Å². The summed E-state index contributed by atoms with van der Waals surface area (Å²) >= 11 is 0. The number of amides is 2. The first-order chi connectivity index (χ1) is 4.63. The molecule has 0 rings (SSSR count). The minimum Gasteiger partial charge on any atom is -0.350 e. The number of hydrogen-bond acceptors (Lipinski definition) is 2. The second kappa shape index (κ2) is 5.05. The van der Waals surface area contributed by atoms with Crippen LogP contribution in [-0.2, 0) is 0 Å². The van der Waals surface area contributed by atoms with Crippen LogP contribution < -0.4 is 11.1 Å². The van der Waals surface area contributed by atoms with E-state index in [2.05, 4.69) is 5.32 Å². The molecule has 0 saturated carbocycles.